The Morgan fingerprint density at radius 2 is 2.07 bits per heavy atom. The lowest BCUT2D eigenvalue weighted by Crippen LogP contribution is -2.23. The zero-order valence-electron chi connectivity index (χ0n) is 10.9. The maximum atomic E-state index is 11.6. The molecule has 0 aromatic carbocycles. The predicted molar refractivity (Wildman–Crippen MR) is 58.4 cm³/mol. The fourth-order valence-corrected chi connectivity index (χ4v) is 2.25. The van der Waals surface area contributed by atoms with Crippen LogP contribution in [0.2, 0.25) is 0 Å². The minimum Gasteiger partial charge on any atom is -0.425 e. The minimum atomic E-state index is -0.709. The van der Waals surface area contributed by atoms with Crippen LogP contribution >= 0.6 is 0 Å². The van der Waals surface area contributed by atoms with Crippen LogP contribution in [0.15, 0.2) is 16.9 Å². The predicted octanol–water partition coefficient (Wildman–Crippen LogP) is 2.44. The Labute approximate surface area is 92.1 Å². The summed E-state index contributed by atoms with van der Waals surface area (Å²) in [6.07, 6.45) is 5.13. The third kappa shape index (κ3) is 2.06. The monoisotopic (exact) mass is 209 g/mol. The van der Waals surface area contributed by atoms with E-state index >= 15 is 0 Å². The molecule has 15 heavy (non-hydrogen) atoms. The molecule has 1 aliphatic carbocycles. The highest BCUT2D eigenvalue weighted by atomic mass is 16.5. The summed E-state index contributed by atoms with van der Waals surface area (Å²) in [6.45, 7) is 1.60. The van der Waals surface area contributed by atoms with Gasteiger partial charge in [-0.1, -0.05) is 19.3 Å². The van der Waals surface area contributed by atoms with Gasteiger partial charge in [0.2, 0.25) is 0 Å². The number of hydrogen-bond donors (Lipinski definition) is 1. The fourth-order valence-electron chi connectivity index (χ4n) is 2.25. The van der Waals surface area contributed by atoms with Crippen LogP contribution in [-0.4, -0.2) is 9.94 Å². The van der Waals surface area contributed by atoms with Gasteiger partial charge in [-0.3, -0.25) is 4.79 Å². The highest BCUT2D eigenvalue weighted by molar-refractivity contribution is 5.19. The molecule has 1 saturated carbocycles. The second kappa shape index (κ2) is 4.09. The van der Waals surface area contributed by atoms with Crippen LogP contribution in [0, 0.1) is 6.92 Å². The Morgan fingerprint density at radius 3 is 2.73 bits per heavy atom. The topological polar surface area (TPSA) is 42.2 Å². The first-order chi connectivity index (χ1) is 8.04. The molecule has 0 bridgehead atoms. The summed E-state index contributed by atoms with van der Waals surface area (Å²) >= 11 is 0. The largest absolute Gasteiger partial charge is 0.425 e. The maximum Gasteiger partial charge on any atom is 0.283 e. The van der Waals surface area contributed by atoms with Crippen molar-refractivity contribution in [3.63, 3.8) is 0 Å². The third-order valence-corrected chi connectivity index (χ3v) is 3.02. The molecule has 1 aromatic rings. The standard InChI is InChI=1S/C12H17NO2/c1-9-7-11(13(15)12(14)8-9)10-5-3-2-4-6-10/h7-8,10,15H,2-6H2,1H3/i7D,8D. The molecule has 2 rings (SSSR count). The summed E-state index contributed by atoms with van der Waals surface area (Å²) in [6, 6.07) is -0.138. The molecule has 0 amide bonds. The van der Waals surface area contributed by atoms with Crippen molar-refractivity contribution in [2.24, 2.45) is 0 Å². The van der Waals surface area contributed by atoms with Gasteiger partial charge in [-0.15, -0.1) is 0 Å². The second-order valence-electron chi connectivity index (χ2n) is 4.21. The maximum absolute atomic E-state index is 11.6. The molecular weight excluding hydrogens is 190 g/mol. The molecule has 1 aliphatic rings. The fraction of sp³-hybridized carbons (Fsp3) is 0.583. The molecule has 3 heteroatoms. The lowest BCUT2D eigenvalue weighted by atomic mass is 9.86. The summed E-state index contributed by atoms with van der Waals surface area (Å²) in [4.78, 5) is 11.6. The van der Waals surface area contributed by atoms with Crippen molar-refractivity contribution in [1.82, 2.24) is 4.73 Å². The van der Waals surface area contributed by atoms with Gasteiger partial charge in [0.15, 0.2) is 0 Å². The van der Waals surface area contributed by atoms with Crippen molar-refractivity contribution in [2.45, 2.75) is 44.9 Å². The van der Waals surface area contributed by atoms with Crippen molar-refractivity contribution >= 4 is 0 Å². The van der Waals surface area contributed by atoms with Crippen LogP contribution in [0.25, 0.3) is 0 Å². The Hall–Kier alpha value is -1.25. The van der Waals surface area contributed by atoms with E-state index in [1.807, 2.05) is 0 Å². The quantitative estimate of drug-likeness (QED) is 0.722. The highest BCUT2D eigenvalue weighted by Gasteiger charge is 2.19. The first-order valence-corrected chi connectivity index (χ1v) is 5.46. The minimum absolute atomic E-state index is 0.0771. The molecular formula is C12H17NO2. The molecule has 0 spiro atoms. The lowest BCUT2D eigenvalue weighted by Gasteiger charge is -2.22. The average Bonchev–Trinajstić information content (AvgIpc) is 2.36. The van der Waals surface area contributed by atoms with Gasteiger partial charge in [-0.05, 0) is 31.4 Å². The molecule has 3 nitrogen and oxygen atoms in total. The van der Waals surface area contributed by atoms with E-state index < -0.39 is 5.56 Å². The molecule has 82 valence electrons. The molecule has 0 unspecified atom stereocenters. The Morgan fingerprint density at radius 1 is 1.40 bits per heavy atom. The summed E-state index contributed by atoms with van der Waals surface area (Å²) in [5, 5.41) is 9.80. The van der Waals surface area contributed by atoms with E-state index in [1.165, 1.54) is 6.42 Å². The van der Waals surface area contributed by atoms with Gasteiger partial charge in [0.05, 0.1) is 8.44 Å². The van der Waals surface area contributed by atoms with Crippen LogP contribution in [0.4, 0.5) is 0 Å². The number of hydrogen-bond acceptors (Lipinski definition) is 2. The van der Waals surface area contributed by atoms with Gasteiger partial charge in [0.1, 0.15) is 0 Å². The van der Waals surface area contributed by atoms with E-state index in [1.54, 1.807) is 6.92 Å². The summed E-state index contributed by atoms with van der Waals surface area (Å²) in [7, 11) is 0. The van der Waals surface area contributed by atoms with E-state index in [2.05, 4.69) is 0 Å². The molecule has 0 radical (unpaired) electrons. The Balaban J connectivity index is 2.56. The lowest BCUT2D eigenvalue weighted by molar-refractivity contribution is 0.156. The third-order valence-electron chi connectivity index (χ3n) is 3.02. The first-order valence-electron chi connectivity index (χ1n) is 6.46. The van der Waals surface area contributed by atoms with Crippen LogP contribution in [-0.2, 0) is 0 Å². The van der Waals surface area contributed by atoms with Crippen molar-refractivity contribution in [3.05, 3.63) is 33.7 Å². The molecule has 1 N–H and O–H groups in total. The Kier molecular flexibility index (Phi) is 2.17. The summed E-state index contributed by atoms with van der Waals surface area (Å²) < 4.78 is 16.0. The molecule has 0 aliphatic heterocycles. The first kappa shape index (κ1) is 7.97. The SMILES string of the molecule is [2H]c1c(C)c([2H])c(=O)n(O)c1C1CCCCC1. The summed E-state index contributed by atoms with van der Waals surface area (Å²) in [5.74, 6) is 0.0771. The number of aromatic nitrogens is 1. The smallest absolute Gasteiger partial charge is 0.283 e. The average molecular weight is 209 g/mol. The van der Waals surface area contributed by atoms with Crippen molar-refractivity contribution in [2.75, 3.05) is 0 Å². The van der Waals surface area contributed by atoms with Crippen molar-refractivity contribution in [1.29, 1.82) is 0 Å². The van der Waals surface area contributed by atoms with E-state index in [9.17, 15) is 10.0 Å². The molecule has 0 atom stereocenters. The van der Waals surface area contributed by atoms with Gasteiger partial charge in [-0.25, -0.2) is 0 Å². The normalized spacial score (nSPS) is 19.8. The zero-order chi connectivity index (χ0) is 12.6. The van der Waals surface area contributed by atoms with Gasteiger partial charge < -0.3 is 5.21 Å². The molecule has 0 saturated heterocycles. The molecule has 1 aromatic heterocycles. The molecule has 1 heterocycles. The van der Waals surface area contributed by atoms with Crippen LogP contribution in [0.3, 0.4) is 0 Å². The zero-order valence-corrected chi connectivity index (χ0v) is 8.92. The Bertz CT molecular complexity index is 490. The van der Waals surface area contributed by atoms with Crippen molar-refractivity contribution in [3.8, 4) is 0 Å². The van der Waals surface area contributed by atoms with E-state index in [0.29, 0.717) is 16.0 Å². The van der Waals surface area contributed by atoms with Gasteiger partial charge in [0, 0.05) is 12.0 Å². The van der Waals surface area contributed by atoms with Gasteiger partial charge >= 0.3 is 0 Å². The van der Waals surface area contributed by atoms with Crippen LogP contribution < -0.4 is 5.56 Å². The molecule has 1 fully saturated rings. The van der Waals surface area contributed by atoms with E-state index in [4.69, 9.17) is 2.74 Å². The van der Waals surface area contributed by atoms with Crippen LogP contribution in [0.5, 0.6) is 0 Å². The van der Waals surface area contributed by atoms with E-state index in [0.717, 1.165) is 25.7 Å². The number of pyridine rings is 1. The number of nitrogens with zero attached hydrogens (tertiary/aromatic N) is 1. The number of rotatable bonds is 1. The van der Waals surface area contributed by atoms with Gasteiger partial charge in [0.25, 0.3) is 5.56 Å². The second-order valence-corrected chi connectivity index (χ2v) is 4.21. The highest BCUT2D eigenvalue weighted by Crippen LogP contribution is 2.31. The van der Waals surface area contributed by atoms with Crippen LogP contribution in [0.1, 0.15) is 52.0 Å². The summed E-state index contributed by atoms with van der Waals surface area (Å²) in [5.41, 5.74) is 0.0446. The van der Waals surface area contributed by atoms with Crippen molar-refractivity contribution < 1.29 is 7.95 Å². The van der Waals surface area contributed by atoms with Gasteiger partial charge in [-0.2, -0.15) is 4.73 Å². The van der Waals surface area contributed by atoms with E-state index in [-0.39, 0.29) is 18.0 Å².